The van der Waals surface area contributed by atoms with Crippen LogP contribution < -0.4 is 0 Å². The lowest BCUT2D eigenvalue weighted by atomic mass is 9.90. The fourth-order valence-corrected chi connectivity index (χ4v) is 3.27. The molecular formula is C18H22F4N2O3. The van der Waals surface area contributed by atoms with Crippen molar-refractivity contribution in [3.63, 3.8) is 0 Å². The zero-order chi connectivity index (χ0) is 20.6. The summed E-state index contributed by atoms with van der Waals surface area (Å²) in [5, 5.41) is 9.58. The van der Waals surface area contributed by atoms with Crippen LogP contribution >= 0.6 is 0 Å². The molecule has 1 aromatic carbocycles. The highest BCUT2D eigenvalue weighted by atomic mass is 19.4. The number of alkyl halides is 3. The molecule has 1 aromatic rings. The first-order chi connectivity index (χ1) is 12.4. The second-order valence-corrected chi connectivity index (χ2v) is 7.08. The normalized spacial score (nSPS) is 22.9. The number of carbonyl (C=O) groups excluding carboxylic acids is 2. The van der Waals surface area contributed by atoms with Gasteiger partial charge in [-0.15, -0.1) is 0 Å². The van der Waals surface area contributed by atoms with Gasteiger partial charge in [-0.2, -0.15) is 13.2 Å². The minimum atomic E-state index is -5.07. The lowest BCUT2D eigenvalue weighted by Gasteiger charge is -2.43. The zero-order valence-corrected chi connectivity index (χ0v) is 15.3. The topological polar surface area (TPSA) is 60.9 Å². The molecule has 5 nitrogen and oxygen atoms in total. The van der Waals surface area contributed by atoms with Crippen LogP contribution in [0.2, 0.25) is 0 Å². The van der Waals surface area contributed by atoms with Crippen molar-refractivity contribution in [1.82, 2.24) is 9.80 Å². The Morgan fingerprint density at radius 1 is 1.22 bits per heavy atom. The van der Waals surface area contributed by atoms with E-state index in [9.17, 15) is 32.3 Å². The number of rotatable bonds is 3. The van der Waals surface area contributed by atoms with E-state index < -0.39 is 23.5 Å². The van der Waals surface area contributed by atoms with Crippen molar-refractivity contribution in [2.24, 2.45) is 5.92 Å². The highest BCUT2D eigenvalue weighted by Crippen LogP contribution is 2.33. The predicted molar refractivity (Wildman–Crippen MR) is 89.3 cm³/mol. The number of hydrogen-bond donors (Lipinski definition) is 1. The minimum absolute atomic E-state index is 0.0128. The Hall–Kier alpha value is -2.16. The number of likely N-dealkylation sites (tertiary alicyclic amines) is 1. The van der Waals surface area contributed by atoms with Crippen molar-refractivity contribution in [1.29, 1.82) is 0 Å². The molecular weight excluding hydrogens is 368 g/mol. The molecule has 1 unspecified atom stereocenters. The summed E-state index contributed by atoms with van der Waals surface area (Å²) in [5.41, 5.74) is -3.15. The van der Waals surface area contributed by atoms with Crippen molar-refractivity contribution >= 4 is 11.8 Å². The Bertz CT molecular complexity index is 704. The molecule has 1 saturated heterocycles. The molecule has 0 radical (unpaired) electrons. The Morgan fingerprint density at radius 2 is 1.78 bits per heavy atom. The van der Waals surface area contributed by atoms with Crippen LogP contribution in [0.15, 0.2) is 24.3 Å². The maximum atomic E-state index is 13.0. The first-order valence-electron chi connectivity index (χ1n) is 8.47. The molecule has 1 aliphatic heterocycles. The highest BCUT2D eigenvalue weighted by molar-refractivity contribution is 5.94. The first-order valence-corrected chi connectivity index (χ1v) is 8.47. The number of piperidine rings is 1. The molecule has 1 heterocycles. The van der Waals surface area contributed by atoms with E-state index in [0.29, 0.717) is 12.5 Å². The maximum Gasteiger partial charge on any atom is 0.426 e. The third kappa shape index (κ3) is 4.23. The summed E-state index contributed by atoms with van der Waals surface area (Å²) in [6.07, 6.45) is -4.80. The van der Waals surface area contributed by atoms with Crippen LogP contribution in [0.3, 0.4) is 0 Å². The number of amides is 2. The van der Waals surface area contributed by atoms with Gasteiger partial charge in [-0.05, 0) is 43.5 Å². The van der Waals surface area contributed by atoms with Gasteiger partial charge in [-0.1, -0.05) is 6.92 Å². The fraction of sp³-hybridized carbons (Fsp3) is 0.556. The molecule has 0 aliphatic carbocycles. The van der Waals surface area contributed by atoms with E-state index in [4.69, 9.17) is 0 Å². The molecule has 2 amide bonds. The smallest absolute Gasteiger partial charge is 0.373 e. The monoisotopic (exact) mass is 390 g/mol. The summed E-state index contributed by atoms with van der Waals surface area (Å²) >= 11 is 0. The van der Waals surface area contributed by atoms with Crippen molar-refractivity contribution < 1.29 is 32.3 Å². The van der Waals surface area contributed by atoms with Gasteiger partial charge >= 0.3 is 6.18 Å². The molecule has 0 saturated carbocycles. The van der Waals surface area contributed by atoms with Gasteiger partial charge in [0.1, 0.15) is 5.82 Å². The van der Waals surface area contributed by atoms with Gasteiger partial charge in [0, 0.05) is 31.7 Å². The van der Waals surface area contributed by atoms with Crippen LogP contribution in [0, 0.1) is 11.7 Å². The van der Waals surface area contributed by atoms with Gasteiger partial charge in [-0.3, -0.25) is 9.59 Å². The number of aliphatic hydroxyl groups is 1. The quantitative estimate of drug-likeness (QED) is 0.807. The number of carbonyl (C=O) groups is 2. The Morgan fingerprint density at radius 3 is 2.26 bits per heavy atom. The highest BCUT2D eigenvalue weighted by Gasteiger charge is 2.57. The van der Waals surface area contributed by atoms with E-state index in [-0.39, 0.29) is 37.4 Å². The summed E-state index contributed by atoms with van der Waals surface area (Å²) in [4.78, 5) is 27.1. The average Bonchev–Trinajstić information content (AvgIpc) is 2.59. The Labute approximate surface area is 154 Å². The molecule has 27 heavy (non-hydrogen) atoms. The van der Waals surface area contributed by atoms with Crippen LogP contribution in [0.1, 0.15) is 30.6 Å². The van der Waals surface area contributed by atoms with Crippen molar-refractivity contribution in [3.8, 4) is 0 Å². The molecule has 0 spiro atoms. The van der Waals surface area contributed by atoms with Crippen molar-refractivity contribution in [2.75, 3.05) is 20.1 Å². The Kier molecular flexibility index (Phi) is 5.84. The molecule has 150 valence electrons. The molecule has 1 fully saturated rings. The second kappa shape index (κ2) is 7.46. The van der Waals surface area contributed by atoms with E-state index >= 15 is 0 Å². The minimum Gasteiger partial charge on any atom is -0.373 e. The molecule has 0 bridgehead atoms. The molecule has 2 rings (SSSR count). The summed E-state index contributed by atoms with van der Waals surface area (Å²) < 4.78 is 51.7. The van der Waals surface area contributed by atoms with E-state index in [1.165, 1.54) is 29.2 Å². The van der Waals surface area contributed by atoms with Gasteiger partial charge in [0.2, 0.25) is 5.60 Å². The Balaban J connectivity index is 2.07. The van der Waals surface area contributed by atoms with Gasteiger partial charge in [-0.25, -0.2) is 4.39 Å². The lowest BCUT2D eigenvalue weighted by molar-refractivity contribution is -0.251. The van der Waals surface area contributed by atoms with Crippen LogP contribution in [0.4, 0.5) is 17.6 Å². The van der Waals surface area contributed by atoms with Crippen molar-refractivity contribution in [2.45, 2.75) is 38.1 Å². The number of nitrogens with zero attached hydrogens (tertiary/aromatic N) is 2. The number of halogens is 4. The third-order valence-electron chi connectivity index (χ3n) is 5.02. The van der Waals surface area contributed by atoms with Gasteiger partial charge in [0.05, 0.1) is 0 Å². The van der Waals surface area contributed by atoms with Crippen molar-refractivity contribution in [3.05, 3.63) is 35.6 Å². The average molecular weight is 390 g/mol. The van der Waals surface area contributed by atoms with Gasteiger partial charge < -0.3 is 14.9 Å². The molecule has 3 atom stereocenters. The molecule has 0 aromatic heterocycles. The van der Waals surface area contributed by atoms with Crippen LogP contribution in [-0.2, 0) is 4.79 Å². The lowest BCUT2D eigenvalue weighted by Crippen LogP contribution is -2.60. The van der Waals surface area contributed by atoms with Crippen LogP contribution in [0.5, 0.6) is 0 Å². The largest absolute Gasteiger partial charge is 0.426 e. The van der Waals surface area contributed by atoms with E-state index in [0.717, 1.165) is 4.90 Å². The standard InChI is InChI=1S/C18H22F4N2O3/c1-11-10-24(16(26)17(2,27)18(20,21)22)9-8-14(11)23(3)15(25)12-4-6-13(19)7-5-12/h4-7,11,14,27H,8-10H2,1-3H3/t11-,14+,17?/m0/s1. The summed E-state index contributed by atoms with van der Waals surface area (Å²) in [5.74, 6) is -2.51. The van der Waals surface area contributed by atoms with E-state index in [1.807, 2.05) is 0 Å². The van der Waals surface area contributed by atoms with Crippen LogP contribution in [-0.4, -0.2) is 64.7 Å². The SMILES string of the molecule is C[C@H]1CN(C(=O)C(C)(O)C(F)(F)F)CC[C@H]1N(C)C(=O)c1ccc(F)cc1. The third-order valence-corrected chi connectivity index (χ3v) is 5.02. The van der Waals surface area contributed by atoms with E-state index in [1.54, 1.807) is 14.0 Å². The van der Waals surface area contributed by atoms with Crippen LogP contribution in [0.25, 0.3) is 0 Å². The van der Waals surface area contributed by atoms with E-state index in [2.05, 4.69) is 0 Å². The molecule has 1 N–H and O–H groups in total. The fourth-order valence-electron chi connectivity index (χ4n) is 3.27. The summed E-state index contributed by atoms with van der Waals surface area (Å²) in [7, 11) is 1.57. The molecule has 9 heteroatoms. The first kappa shape index (κ1) is 21.1. The number of hydrogen-bond acceptors (Lipinski definition) is 3. The summed E-state index contributed by atoms with van der Waals surface area (Å²) in [6, 6.07) is 4.76. The number of benzene rings is 1. The van der Waals surface area contributed by atoms with Gasteiger partial charge in [0.15, 0.2) is 0 Å². The second-order valence-electron chi connectivity index (χ2n) is 7.08. The predicted octanol–water partition coefficient (Wildman–Crippen LogP) is 2.45. The molecule has 1 aliphatic rings. The maximum absolute atomic E-state index is 13.0. The van der Waals surface area contributed by atoms with Gasteiger partial charge in [0.25, 0.3) is 11.8 Å². The summed E-state index contributed by atoms with van der Waals surface area (Å²) in [6.45, 7) is 2.13. The zero-order valence-electron chi connectivity index (χ0n) is 15.3.